The predicted molar refractivity (Wildman–Crippen MR) is 63.3 cm³/mol. The van der Waals surface area contributed by atoms with E-state index in [2.05, 4.69) is 22.3 Å². The Labute approximate surface area is 103 Å². The van der Waals surface area contributed by atoms with Gasteiger partial charge in [-0.3, -0.25) is 0 Å². The van der Waals surface area contributed by atoms with Crippen molar-refractivity contribution in [2.75, 3.05) is 12.9 Å². The van der Waals surface area contributed by atoms with Crippen LogP contribution in [0.15, 0.2) is 18.3 Å². The third-order valence-corrected chi connectivity index (χ3v) is 2.24. The third kappa shape index (κ3) is 3.96. The summed E-state index contributed by atoms with van der Waals surface area (Å²) in [7, 11) is 1.16. The SMILES string of the molecule is COc1ncc(C=CCCS)cc1C(F)(F)F. The molecule has 1 aromatic rings. The highest BCUT2D eigenvalue weighted by atomic mass is 32.1. The molecule has 2 nitrogen and oxygen atoms in total. The molecule has 1 heterocycles. The molecule has 1 rings (SSSR count). The normalized spacial score (nSPS) is 12.1. The minimum atomic E-state index is -4.47. The maximum atomic E-state index is 12.6. The number of rotatable bonds is 4. The van der Waals surface area contributed by atoms with E-state index in [0.717, 1.165) is 13.2 Å². The lowest BCUT2D eigenvalue weighted by Crippen LogP contribution is -2.09. The van der Waals surface area contributed by atoms with Gasteiger partial charge in [-0.15, -0.1) is 0 Å². The molecule has 94 valence electrons. The van der Waals surface area contributed by atoms with Gasteiger partial charge < -0.3 is 4.74 Å². The first-order valence-electron chi connectivity index (χ1n) is 4.87. The van der Waals surface area contributed by atoms with Crippen molar-refractivity contribution in [1.82, 2.24) is 4.98 Å². The summed E-state index contributed by atoms with van der Waals surface area (Å²) in [5.41, 5.74) is -0.479. The van der Waals surface area contributed by atoms with Crippen molar-refractivity contribution in [3.8, 4) is 5.88 Å². The van der Waals surface area contributed by atoms with Gasteiger partial charge in [-0.1, -0.05) is 12.2 Å². The van der Waals surface area contributed by atoms with Crippen molar-refractivity contribution in [3.05, 3.63) is 29.5 Å². The van der Waals surface area contributed by atoms with Crippen molar-refractivity contribution in [2.45, 2.75) is 12.6 Å². The minimum absolute atomic E-state index is 0.389. The van der Waals surface area contributed by atoms with Crippen molar-refractivity contribution >= 4 is 18.7 Å². The van der Waals surface area contributed by atoms with Gasteiger partial charge in [-0.25, -0.2) is 4.98 Å². The van der Waals surface area contributed by atoms with Gasteiger partial charge in [-0.05, 0) is 23.8 Å². The number of aromatic nitrogens is 1. The molecule has 0 aliphatic rings. The monoisotopic (exact) mass is 263 g/mol. The smallest absolute Gasteiger partial charge is 0.421 e. The van der Waals surface area contributed by atoms with Crippen LogP contribution in [-0.4, -0.2) is 17.8 Å². The molecule has 17 heavy (non-hydrogen) atoms. The molecule has 0 unspecified atom stereocenters. The van der Waals surface area contributed by atoms with Crippen LogP contribution in [0.2, 0.25) is 0 Å². The fourth-order valence-electron chi connectivity index (χ4n) is 1.22. The first kappa shape index (κ1) is 13.9. The highest BCUT2D eigenvalue weighted by molar-refractivity contribution is 7.80. The van der Waals surface area contributed by atoms with Crippen LogP contribution in [0.25, 0.3) is 6.08 Å². The van der Waals surface area contributed by atoms with E-state index in [9.17, 15) is 13.2 Å². The lowest BCUT2D eigenvalue weighted by atomic mass is 10.1. The Kier molecular flexibility index (Phi) is 4.86. The van der Waals surface area contributed by atoms with Crippen LogP contribution in [-0.2, 0) is 6.18 Å². The van der Waals surface area contributed by atoms with E-state index in [1.165, 1.54) is 6.20 Å². The van der Waals surface area contributed by atoms with Crippen LogP contribution in [0.5, 0.6) is 5.88 Å². The average molecular weight is 263 g/mol. The second kappa shape index (κ2) is 5.95. The maximum Gasteiger partial charge on any atom is 0.421 e. The standard InChI is InChI=1S/C11H12F3NOS/c1-16-10-9(11(12,13)14)6-8(7-15-10)4-2-3-5-17/h2,4,6-7,17H,3,5H2,1H3. The minimum Gasteiger partial charge on any atom is -0.481 e. The zero-order valence-electron chi connectivity index (χ0n) is 9.16. The number of nitrogens with zero attached hydrogens (tertiary/aromatic N) is 1. The van der Waals surface area contributed by atoms with E-state index >= 15 is 0 Å². The van der Waals surface area contributed by atoms with E-state index in [1.54, 1.807) is 12.2 Å². The van der Waals surface area contributed by atoms with Crippen molar-refractivity contribution < 1.29 is 17.9 Å². The van der Waals surface area contributed by atoms with Gasteiger partial charge in [0.25, 0.3) is 0 Å². The van der Waals surface area contributed by atoms with E-state index in [-0.39, 0.29) is 0 Å². The Morgan fingerprint density at radius 3 is 2.71 bits per heavy atom. The molecule has 0 saturated heterocycles. The maximum absolute atomic E-state index is 12.6. The van der Waals surface area contributed by atoms with Crippen LogP contribution in [0.4, 0.5) is 13.2 Å². The third-order valence-electron chi connectivity index (χ3n) is 1.98. The number of alkyl halides is 3. The Bertz CT molecular complexity index is 404. The summed E-state index contributed by atoms with van der Waals surface area (Å²) in [5.74, 6) is 0.232. The fourth-order valence-corrected chi connectivity index (χ4v) is 1.37. The lowest BCUT2D eigenvalue weighted by Gasteiger charge is -2.11. The van der Waals surface area contributed by atoms with Crippen molar-refractivity contribution in [1.29, 1.82) is 0 Å². The molecule has 1 aromatic heterocycles. The summed E-state index contributed by atoms with van der Waals surface area (Å²) in [6, 6.07) is 1.01. The number of ether oxygens (including phenoxy) is 1. The summed E-state index contributed by atoms with van der Waals surface area (Å²) >= 11 is 4.00. The van der Waals surface area contributed by atoms with E-state index < -0.39 is 17.6 Å². The van der Waals surface area contributed by atoms with Gasteiger partial charge in [0, 0.05) is 6.20 Å². The summed E-state index contributed by atoms with van der Waals surface area (Å²) in [5, 5.41) is 0. The molecular formula is C11H12F3NOS. The quantitative estimate of drug-likeness (QED) is 0.840. The Morgan fingerprint density at radius 1 is 1.47 bits per heavy atom. The topological polar surface area (TPSA) is 22.1 Å². The second-order valence-corrected chi connectivity index (χ2v) is 3.69. The molecular weight excluding hydrogens is 251 g/mol. The van der Waals surface area contributed by atoms with Gasteiger partial charge in [0.1, 0.15) is 5.56 Å². The average Bonchev–Trinajstić information content (AvgIpc) is 2.28. The van der Waals surface area contributed by atoms with Crippen LogP contribution in [0.1, 0.15) is 17.5 Å². The molecule has 0 radical (unpaired) electrons. The Balaban J connectivity index is 3.05. The zero-order chi connectivity index (χ0) is 12.9. The van der Waals surface area contributed by atoms with Crippen molar-refractivity contribution in [2.24, 2.45) is 0 Å². The highest BCUT2D eigenvalue weighted by Crippen LogP contribution is 2.35. The fraction of sp³-hybridized carbons (Fsp3) is 0.364. The largest absolute Gasteiger partial charge is 0.481 e. The molecule has 0 fully saturated rings. The first-order chi connectivity index (χ1) is 7.99. The second-order valence-electron chi connectivity index (χ2n) is 3.24. The van der Waals surface area contributed by atoms with Crippen molar-refractivity contribution in [3.63, 3.8) is 0 Å². The number of hydrogen-bond donors (Lipinski definition) is 1. The van der Waals surface area contributed by atoms with E-state index in [1.807, 2.05) is 0 Å². The zero-order valence-corrected chi connectivity index (χ0v) is 10.1. The van der Waals surface area contributed by atoms with Crippen LogP contribution >= 0.6 is 12.6 Å². The summed E-state index contributed by atoms with van der Waals surface area (Å²) in [4.78, 5) is 3.63. The molecule has 0 saturated carbocycles. The molecule has 0 spiro atoms. The van der Waals surface area contributed by atoms with Crippen LogP contribution < -0.4 is 4.74 Å². The molecule has 0 aliphatic heterocycles. The van der Waals surface area contributed by atoms with Gasteiger partial charge in [-0.2, -0.15) is 25.8 Å². The number of pyridine rings is 1. The molecule has 0 aliphatic carbocycles. The number of methoxy groups -OCH3 is 1. The molecule has 6 heteroatoms. The number of thiol groups is 1. The molecule has 0 aromatic carbocycles. The van der Waals surface area contributed by atoms with Gasteiger partial charge >= 0.3 is 6.18 Å². The van der Waals surface area contributed by atoms with E-state index in [4.69, 9.17) is 0 Å². The Morgan fingerprint density at radius 2 is 2.18 bits per heavy atom. The van der Waals surface area contributed by atoms with Crippen LogP contribution in [0, 0.1) is 0 Å². The lowest BCUT2D eigenvalue weighted by molar-refractivity contribution is -0.139. The molecule has 0 atom stereocenters. The molecule has 0 N–H and O–H groups in total. The Hall–Kier alpha value is -1.17. The summed E-state index contributed by atoms with van der Waals surface area (Å²) < 4.78 is 42.5. The number of allylic oxidation sites excluding steroid dienone is 1. The number of hydrogen-bond acceptors (Lipinski definition) is 3. The summed E-state index contributed by atoms with van der Waals surface area (Å²) in [6.07, 6.45) is 0.889. The summed E-state index contributed by atoms with van der Waals surface area (Å²) in [6.45, 7) is 0. The highest BCUT2D eigenvalue weighted by Gasteiger charge is 2.35. The first-order valence-corrected chi connectivity index (χ1v) is 5.51. The van der Waals surface area contributed by atoms with E-state index in [0.29, 0.717) is 17.7 Å². The van der Waals surface area contributed by atoms with Crippen LogP contribution in [0.3, 0.4) is 0 Å². The van der Waals surface area contributed by atoms with Gasteiger partial charge in [0.05, 0.1) is 7.11 Å². The van der Waals surface area contributed by atoms with Gasteiger partial charge in [0.2, 0.25) is 5.88 Å². The molecule has 0 amide bonds. The molecule has 0 bridgehead atoms. The number of halogens is 3. The van der Waals surface area contributed by atoms with Gasteiger partial charge in [0.15, 0.2) is 0 Å². The predicted octanol–water partition coefficient (Wildman–Crippen LogP) is 3.44.